The molecule has 0 spiro atoms. The molecular formula is C19H18ClNO2S. The Bertz CT molecular complexity index is 732. The van der Waals surface area contributed by atoms with Gasteiger partial charge in [0.05, 0.1) is 12.8 Å². The molecule has 0 saturated heterocycles. The van der Waals surface area contributed by atoms with Crippen LogP contribution in [-0.2, 0) is 24.3 Å². The van der Waals surface area contributed by atoms with Gasteiger partial charge in [-0.1, -0.05) is 23.7 Å². The number of hydrogen-bond acceptors (Lipinski definition) is 3. The minimum atomic E-state index is 0.109. The van der Waals surface area contributed by atoms with E-state index in [0.29, 0.717) is 31.0 Å². The van der Waals surface area contributed by atoms with Crippen LogP contribution in [0.2, 0.25) is 5.02 Å². The van der Waals surface area contributed by atoms with E-state index in [4.69, 9.17) is 16.0 Å². The van der Waals surface area contributed by atoms with Gasteiger partial charge in [-0.25, -0.2) is 0 Å². The molecule has 0 aliphatic rings. The molecule has 1 amide bonds. The van der Waals surface area contributed by atoms with Gasteiger partial charge in [-0.05, 0) is 58.6 Å². The Labute approximate surface area is 150 Å². The molecule has 0 radical (unpaired) electrons. The minimum Gasteiger partial charge on any atom is -0.467 e. The van der Waals surface area contributed by atoms with E-state index in [2.05, 4.69) is 5.38 Å². The second-order valence-corrected chi connectivity index (χ2v) is 6.81. The van der Waals surface area contributed by atoms with Gasteiger partial charge >= 0.3 is 0 Å². The van der Waals surface area contributed by atoms with Crippen molar-refractivity contribution in [3.8, 4) is 0 Å². The van der Waals surface area contributed by atoms with Crippen LogP contribution in [0.1, 0.15) is 23.3 Å². The predicted molar refractivity (Wildman–Crippen MR) is 97.1 cm³/mol. The lowest BCUT2D eigenvalue weighted by molar-refractivity contribution is -0.132. The number of aryl methyl sites for hydroxylation is 1. The van der Waals surface area contributed by atoms with Crippen molar-refractivity contribution >= 4 is 28.8 Å². The summed E-state index contributed by atoms with van der Waals surface area (Å²) in [5.41, 5.74) is 2.21. The number of hydrogen-bond donors (Lipinski definition) is 0. The molecule has 0 bridgehead atoms. The van der Waals surface area contributed by atoms with E-state index in [1.807, 2.05) is 52.7 Å². The number of thiophene rings is 1. The fourth-order valence-corrected chi connectivity index (χ4v) is 3.40. The van der Waals surface area contributed by atoms with Crippen LogP contribution in [0.15, 0.2) is 63.9 Å². The van der Waals surface area contributed by atoms with E-state index >= 15 is 0 Å². The first-order valence-corrected chi connectivity index (χ1v) is 9.08. The Morgan fingerprint density at radius 3 is 2.75 bits per heavy atom. The lowest BCUT2D eigenvalue weighted by Crippen LogP contribution is -2.30. The van der Waals surface area contributed by atoms with Gasteiger partial charge in [0.25, 0.3) is 0 Å². The second-order valence-electron chi connectivity index (χ2n) is 5.59. The van der Waals surface area contributed by atoms with Crippen LogP contribution < -0.4 is 0 Å². The van der Waals surface area contributed by atoms with Crippen LogP contribution in [0.5, 0.6) is 0 Å². The number of furan rings is 1. The van der Waals surface area contributed by atoms with Gasteiger partial charge in [-0.3, -0.25) is 4.79 Å². The number of benzene rings is 1. The summed E-state index contributed by atoms with van der Waals surface area (Å²) in [4.78, 5) is 14.5. The number of rotatable bonds is 7. The largest absolute Gasteiger partial charge is 0.467 e. The molecule has 3 rings (SSSR count). The quantitative estimate of drug-likeness (QED) is 0.584. The van der Waals surface area contributed by atoms with E-state index in [0.717, 1.165) is 16.9 Å². The van der Waals surface area contributed by atoms with Crippen molar-refractivity contribution in [2.75, 3.05) is 0 Å². The van der Waals surface area contributed by atoms with Crippen molar-refractivity contribution in [2.24, 2.45) is 0 Å². The summed E-state index contributed by atoms with van der Waals surface area (Å²) in [5.74, 6) is 0.902. The van der Waals surface area contributed by atoms with Crippen molar-refractivity contribution in [3.05, 3.63) is 81.4 Å². The monoisotopic (exact) mass is 359 g/mol. The highest BCUT2D eigenvalue weighted by molar-refractivity contribution is 7.07. The van der Waals surface area contributed by atoms with E-state index < -0.39 is 0 Å². The number of halogens is 1. The molecule has 24 heavy (non-hydrogen) atoms. The average Bonchev–Trinajstić information content (AvgIpc) is 3.26. The van der Waals surface area contributed by atoms with Crippen molar-refractivity contribution in [2.45, 2.75) is 25.9 Å². The number of carbonyl (C=O) groups is 1. The Kier molecular flexibility index (Phi) is 5.72. The lowest BCUT2D eigenvalue weighted by atomic mass is 10.1. The van der Waals surface area contributed by atoms with E-state index in [-0.39, 0.29) is 5.91 Å². The molecule has 1 aromatic carbocycles. The van der Waals surface area contributed by atoms with Gasteiger partial charge in [-0.2, -0.15) is 11.3 Å². The number of amides is 1. The molecule has 3 aromatic rings. The molecule has 124 valence electrons. The zero-order chi connectivity index (χ0) is 16.8. The lowest BCUT2D eigenvalue weighted by Gasteiger charge is -2.21. The molecule has 5 heteroatoms. The zero-order valence-corrected chi connectivity index (χ0v) is 14.7. The summed E-state index contributed by atoms with van der Waals surface area (Å²) in [7, 11) is 0. The van der Waals surface area contributed by atoms with E-state index in [1.54, 1.807) is 17.6 Å². The fourth-order valence-electron chi connectivity index (χ4n) is 2.53. The van der Waals surface area contributed by atoms with Gasteiger partial charge in [-0.15, -0.1) is 0 Å². The summed E-state index contributed by atoms with van der Waals surface area (Å²) < 4.78 is 5.40. The highest BCUT2D eigenvalue weighted by Gasteiger charge is 2.16. The predicted octanol–water partition coefficient (Wildman–Crippen LogP) is 5.16. The average molecular weight is 360 g/mol. The summed E-state index contributed by atoms with van der Waals surface area (Å²) in [6.07, 6.45) is 2.76. The van der Waals surface area contributed by atoms with Crippen molar-refractivity contribution < 1.29 is 9.21 Å². The molecule has 3 nitrogen and oxygen atoms in total. The van der Waals surface area contributed by atoms with Crippen LogP contribution >= 0.6 is 22.9 Å². The molecule has 0 N–H and O–H groups in total. The van der Waals surface area contributed by atoms with Gasteiger partial charge < -0.3 is 9.32 Å². The smallest absolute Gasteiger partial charge is 0.223 e. The Hall–Kier alpha value is -2.04. The Morgan fingerprint density at radius 2 is 2.04 bits per heavy atom. The molecule has 0 aliphatic heterocycles. The van der Waals surface area contributed by atoms with E-state index in [1.165, 1.54) is 0 Å². The SMILES string of the molecule is O=C(CCc1cccc(Cl)c1)N(Cc1ccsc1)Cc1ccco1. The molecule has 0 unspecified atom stereocenters. The minimum absolute atomic E-state index is 0.109. The van der Waals surface area contributed by atoms with Crippen LogP contribution in [0.3, 0.4) is 0 Å². The standard InChI is InChI=1S/C19H18ClNO2S/c20-17-4-1-3-15(11-17)6-7-19(22)21(12-16-8-10-24-14-16)13-18-5-2-9-23-18/h1-5,8-11,14H,6-7,12-13H2. The van der Waals surface area contributed by atoms with E-state index in [9.17, 15) is 4.79 Å². The normalized spacial score (nSPS) is 10.7. The molecule has 0 atom stereocenters. The first kappa shape index (κ1) is 16.8. The molecular weight excluding hydrogens is 342 g/mol. The summed E-state index contributed by atoms with van der Waals surface area (Å²) in [5, 5.41) is 4.79. The maximum atomic E-state index is 12.7. The number of carbonyl (C=O) groups excluding carboxylic acids is 1. The Balaban J connectivity index is 1.65. The maximum Gasteiger partial charge on any atom is 0.223 e. The van der Waals surface area contributed by atoms with Crippen molar-refractivity contribution in [1.29, 1.82) is 0 Å². The molecule has 0 aliphatic carbocycles. The second kappa shape index (κ2) is 8.18. The third kappa shape index (κ3) is 4.73. The molecule has 0 fully saturated rings. The van der Waals surface area contributed by atoms with Crippen molar-refractivity contribution in [1.82, 2.24) is 4.90 Å². The van der Waals surface area contributed by atoms with Crippen LogP contribution in [-0.4, -0.2) is 10.8 Å². The highest BCUT2D eigenvalue weighted by Crippen LogP contribution is 2.16. The Morgan fingerprint density at radius 1 is 1.12 bits per heavy atom. The van der Waals surface area contributed by atoms with Crippen LogP contribution in [0, 0.1) is 0 Å². The molecule has 2 heterocycles. The zero-order valence-electron chi connectivity index (χ0n) is 13.2. The number of nitrogens with zero attached hydrogens (tertiary/aromatic N) is 1. The maximum absolute atomic E-state index is 12.7. The summed E-state index contributed by atoms with van der Waals surface area (Å²) in [6.45, 7) is 1.08. The molecule has 2 aromatic heterocycles. The third-order valence-electron chi connectivity index (χ3n) is 3.75. The fraction of sp³-hybridized carbons (Fsp3) is 0.211. The molecule has 0 saturated carbocycles. The van der Waals surface area contributed by atoms with Crippen molar-refractivity contribution in [3.63, 3.8) is 0 Å². The summed E-state index contributed by atoms with van der Waals surface area (Å²) >= 11 is 7.64. The summed E-state index contributed by atoms with van der Waals surface area (Å²) in [6, 6.07) is 13.4. The van der Waals surface area contributed by atoms with Gasteiger partial charge in [0, 0.05) is 18.0 Å². The van der Waals surface area contributed by atoms with Crippen LogP contribution in [0.25, 0.3) is 0 Å². The first-order chi connectivity index (χ1) is 11.7. The van der Waals surface area contributed by atoms with Gasteiger partial charge in [0.2, 0.25) is 5.91 Å². The van der Waals surface area contributed by atoms with Crippen LogP contribution in [0.4, 0.5) is 0 Å². The highest BCUT2D eigenvalue weighted by atomic mass is 35.5. The van der Waals surface area contributed by atoms with Gasteiger partial charge in [0.1, 0.15) is 5.76 Å². The van der Waals surface area contributed by atoms with Gasteiger partial charge in [0.15, 0.2) is 0 Å². The first-order valence-electron chi connectivity index (χ1n) is 7.76. The third-order valence-corrected chi connectivity index (χ3v) is 4.72. The topological polar surface area (TPSA) is 33.5 Å².